The van der Waals surface area contributed by atoms with Crippen LogP contribution in [0.15, 0.2) is 36.4 Å². The van der Waals surface area contributed by atoms with E-state index in [1.165, 1.54) is 11.1 Å². The Kier molecular flexibility index (Phi) is 9.54. The number of nitrogens with two attached hydrogens (primary N) is 2. The van der Waals surface area contributed by atoms with Crippen molar-refractivity contribution in [1.29, 1.82) is 0 Å². The number of rotatable bonds is 12. The molecule has 31 heavy (non-hydrogen) atoms. The summed E-state index contributed by atoms with van der Waals surface area (Å²) in [5.41, 5.74) is 15.7. The summed E-state index contributed by atoms with van der Waals surface area (Å²) in [5, 5.41) is 1.38. The largest absolute Gasteiger partial charge is 0.398 e. The molecule has 2 rings (SSSR count). The summed E-state index contributed by atoms with van der Waals surface area (Å²) >= 11 is 12.0. The third-order valence-corrected chi connectivity index (χ3v) is 6.19. The molecule has 172 valence electrons. The predicted molar refractivity (Wildman–Crippen MR) is 136 cm³/mol. The number of ether oxygens (including phenoxy) is 1. The molecule has 0 spiro atoms. The van der Waals surface area contributed by atoms with Crippen molar-refractivity contribution in [2.45, 2.75) is 90.3 Å². The third-order valence-electron chi connectivity index (χ3n) is 5.72. The molecular formula is C26H38Cl2N2O. The maximum absolute atomic E-state index is 6.52. The normalized spacial score (nSPS) is 12.3. The van der Waals surface area contributed by atoms with Crippen molar-refractivity contribution in [3.05, 3.63) is 57.6 Å². The monoisotopic (exact) mass is 464 g/mol. The van der Waals surface area contributed by atoms with E-state index in [1.807, 2.05) is 36.4 Å². The van der Waals surface area contributed by atoms with Crippen molar-refractivity contribution >= 4 is 34.6 Å². The molecular weight excluding hydrogens is 427 g/mol. The molecule has 0 saturated heterocycles. The molecule has 0 aliphatic rings. The summed E-state index contributed by atoms with van der Waals surface area (Å²) in [6, 6.07) is 11.5. The number of aryl methyl sites for hydroxylation is 2. The number of benzene rings is 2. The van der Waals surface area contributed by atoms with Crippen LogP contribution in [0.2, 0.25) is 10.0 Å². The molecule has 0 fully saturated rings. The van der Waals surface area contributed by atoms with E-state index in [0.29, 0.717) is 10.0 Å². The lowest BCUT2D eigenvalue weighted by Crippen LogP contribution is -2.37. The second-order valence-corrected chi connectivity index (χ2v) is 10.6. The third kappa shape index (κ3) is 9.31. The first-order valence-corrected chi connectivity index (χ1v) is 12.0. The van der Waals surface area contributed by atoms with Gasteiger partial charge >= 0.3 is 0 Å². The van der Waals surface area contributed by atoms with E-state index in [1.54, 1.807) is 0 Å². The lowest BCUT2D eigenvalue weighted by Gasteiger charge is -2.36. The fourth-order valence-electron chi connectivity index (χ4n) is 4.17. The van der Waals surface area contributed by atoms with E-state index in [2.05, 4.69) is 27.7 Å². The fraction of sp³-hybridized carbons (Fsp3) is 0.538. The van der Waals surface area contributed by atoms with E-state index in [4.69, 9.17) is 39.4 Å². The molecule has 0 aliphatic carbocycles. The highest BCUT2D eigenvalue weighted by Crippen LogP contribution is 2.30. The van der Waals surface area contributed by atoms with Gasteiger partial charge in [0.05, 0.1) is 11.2 Å². The zero-order chi connectivity index (χ0) is 23.1. The van der Waals surface area contributed by atoms with Crippen LogP contribution in [-0.4, -0.2) is 11.2 Å². The summed E-state index contributed by atoms with van der Waals surface area (Å²) in [6.07, 6.45) is 8.34. The Hall–Kier alpha value is -1.42. The first kappa shape index (κ1) is 25.8. The summed E-state index contributed by atoms with van der Waals surface area (Å²) in [5.74, 6) is 0. The maximum atomic E-state index is 6.52. The van der Waals surface area contributed by atoms with Crippen LogP contribution in [-0.2, 0) is 17.6 Å². The molecule has 0 heterocycles. The zero-order valence-electron chi connectivity index (χ0n) is 19.4. The minimum Gasteiger partial charge on any atom is -0.398 e. The fourth-order valence-corrected chi connectivity index (χ4v) is 4.53. The van der Waals surface area contributed by atoms with Crippen LogP contribution in [0.5, 0.6) is 0 Å². The van der Waals surface area contributed by atoms with Crippen molar-refractivity contribution in [2.75, 3.05) is 11.5 Å². The minimum atomic E-state index is -0.157. The molecule has 3 nitrogen and oxygen atoms in total. The Morgan fingerprint density at radius 3 is 1.42 bits per heavy atom. The van der Waals surface area contributed by atoms with Gasteiger partial charge in [-0.3, -0.25) is 0 Å². The Morgan fingerprint density at radius 1 is 0.677 bits per heavy atom. The van der Waals surface area contributed by atoms with Gasteiger partial charge in [0.25, 0.3) is 0 Å². The topological polar surface area (TPSA) is 61.3 Å². The van der Waals surface area contributed by atoms with E-state index >= 15 is 0 Å². The minimum absolute atomic E-state index is 0.157. The van der Waals surface area contributed by atoms with Crippen LogP contribution in [0, 0.1) is 0 Å². The summed E-state index contributed by atoms with van der Waals surface area (Å²) in [4.78, 5) is 0. The molecule has 0 atom stereocenters. The average molecular weight is 466 g/mol. The first-order valence-electron chi connectivity index (χ1n) is 11.3. The van der Waals surface area contributed by atoms with Crippen LogP contribution in [0.3, 0.4) is 0 Å². The van der Waals surface area contributed by atoms with Crippen LogP contribution >= 0.6 is 23.2 Å². The number of anilines is 2. The first-order chi connectivity index (χ1) is 14.5. The molecule has 0 bridgehead atoms. The Balaban J connectivity index is 1.70. The van der Waals surface area contributed by atoms with Crippen LogP contribution in [0.1, 0.15) is 77.3 Å². The molecule has 4 N–H and O–H groups in total. The number of halogens is 2. The van der Waals surface area contributed by atoms with Gasteiger partial charge in [-0.15, -0.1) is 0 Å². The standard InChI is InChI=1S/C26H38Cl2N2O/c1-25(2,15-7-5-9-19-11-13-21(27)17-23(19)29)31-26(3,4)16-8-6-10-20-12-14-22(28)18-24(20)30/h11-14,17-18H,5-10,15-16,29-30H2,1-4H3. The molecule has 0 amide bonds. The second-order valence-electron chi connectivity index (χ2n) is 9.72. The van der Waals surface area contributed by atoms with Gasteiger partial charge in [0.2, 0.25) is 0 Å². The zero-order valence-corrected chi connectivity index (χ0v) is 21.0. The molecule has 5 heteroatoms. The van der Waals surface area contributed by atoms with Gasteiger partial charge in [-0.05, 0) is 102 Å². The van der Waals surface area contributed by atoms with Gasteiger partial charge in [0.1, 0.15) is 0 Å². The molecule has 0 unspecified atom stereocenters. The molecule has 0 aliphatic heterocycles. The summed E-state index contributed by atoms with van der Waals surface area (Å²) in [6.45, 7) is 8.78. The Labute approximate surface area is 198 Å². The molecule has 0 aromatic heterocycles. The lowest BCUT2D eigenvalue weighted by atomic mass is 9.94. The van der Waals surface area contributed by atoms with Crippen molar-refractivity contribution < 1.29 is 4.74 Å². The summed E-state index contributed by atoms with van der Waals surface area (Å²) in [7, 11) is 0. The van der Waals surface area contributed by atoms with Crippen molar-refractivity contribution in [1.82, 2.24) is 0 Å². The summed E-state index contributed by atoms with van der Waals surface area (Å²) < 4.78 is 6.52. The molecule has 2 aromatic rings. The smallest absolute Gasteiger partial charge is 0.0633 e. The van der Waals surface area contributed by atoms with Gasteiger partial charge in [0.15, 0.2) is 0 Å². The number of nitrogen functional groups attached to an aromatic ring is 2. The van der Waals surface area contributed by atoms with Gasteiger partial charge < -0.3 is 16.2 Å². The van der Waals surface area contributed by atoms with Crippen molar-refractivity contribution in [2.24, 2.45) is 0 Å². The van der Waals surface area contributed by atoms with Crippen LogP contribution in [0.4, 0.5) is 11.4 Å². The maximum Gasteiger partial charge on any atom is 0.0633 e. The van der Waals surface area contributed by atoms with Crippen molar-refractivity contribution in [3.63, 3.8) is 0 Å². The lowest BCUT2D eigenvalue weighted by molar-refractivity contribution is -0.130. The average Bonchev–Trinajstić information content (AvgIpc) is 2.64. The highest BCUT2D eigenvalue weighted by Gasteiger charge is 2.28. The SMILES string of the molecule is CC(C)(CCCCc1ccc(Cl)cc1N)OC(C)(C)CCCCc1ccc(Cl)cc1N. The van der Waals surface area contributed by atoms with Gasteiger partial charge in [-0.25, -0.2) is 0 Å². The molecule has 2 aromatic carbocycles. The molecule has 0 saturated carbocycles. The number of unbranched alkanes of at least 4 members (excludes halogenated alkanes) is 2. The van der Waals surface area contributed by atoms with E-state index in [0.717, 1.165) is 62.7 Å². The van der Waals surface area contributed by atoms with Gasteiger partial charge in [-0.1, -0.05) is 48.2 Å². The Bertz CT molecular complexity index is 780. The van der Waals surface area contributed by atoms with Crippen LogP contribution in [0.25, 0.3) is 0 Å². The number of hydrogen-bond donors (Lipinski definition) is 2. The predicted octanol–water partition coefficient (Wildman–Crippen LogP) is 7.86. The van der Waals surface area contributed by atoms with Crippen molar-refractivity contribution in [3.8, 4) is 0 Å². The second kappa shape index (κ2) is 11.4. The van der Waals surface area contributed by atoms with E-state index < -0.39 is 0 Å². The number of hydrogen-bond acceptors (Lipinski definition) is 3. The highest BCUT2D eigenvalue weighted by molar-refractivity contribution is 6.31. The molecule has 0 radical (unpaired) electrons. The highest BCUT2D eigenvalue weighted by atomic mass is 35.5. The quantitative estimate of drug-likeness (QED) is 0.248. The van der Waals surface area contributed by atoms with E-state index in [9.17, 15) is 0 Å². The van der Waals surface area contributed by atoms with Gasteiger partial charge in [0, 0.05) is 21.4 Å². The van der Waals surface area contributed by atoms with Crippen LogP contribution < -0.4 is 11.5 Å². The van der Waals surface area contributed by atoms with E-state index in [-0.39, 0.29) is 11.2 Å². The van der Waals surface area contributed by atoms with Gasteiger partial charge in [-0.2, -0.15) is 0 Å². The Morgan fingerprint density at radius 2 is 1.06 bits per heavy atom.